The molecule has 0 aliphatic carbocycles. The molecule has 1 saturated heterocycles. The molecular formula is C16H23N3O2S. The zero-order valence-electron chi connectivity index (χ0n) is 13.4. The molecule has 2 heterocycles. The Bertz CT molecular complexity index is 781. The zero-order valence-corrected chi connectivity index (χ0v) is 14.2. The number of H-pyrrole nitrogens is 1. The molecule has 0 unspecified atom stereocenters. The molecule has 1 aromatic heterocycles. The molecule has 1 N–H and O–H groups in total. The predicted octanol–water partition coefficient (Wildman–Crippen LogP) is 3.04. The lowest BCUT2D eigenvalue weighted by molar-refractivity contribution is 0.347. The highest BCUT2D eigenvalue weighted by Gasteiger charge is 2.29. The highest BCUT2D eigenvalue weighted by molar-refractivity contribution is 7.89. The third kappa shape index (κ3) is 2.65. The van der Waals surface area contributed by atoms with Crippen molar-refractivity contribution >= 4 is 21.1 Å². The van der Waals surface area contributed by atoms with Crippen molar-refractivity contribution in [1.29, 1.82) is 0 Å². The van der Waals surface area contributed by atoms with Crippen LogP contribution >= 0.6 is 0 Å². The van der Waals surface area contributed by atoms with Gasteiger partial charge in [-0.25, -0.2) is 13.4 Å². The first kappa shape index (κ1) is 15.5. The maximum Gasteiger partial charge on any atom is 0.245 e. The van der Waals surface area contributed by atoms with Gasteiger partial charge in [0.15, 0.2) is 0 Å². The summed E-state index contributed by atoms with van der Waals surface area (Å²) < 4.78 is 27.5. The topological polar surface area (TPSA) is 66.1 Å². The summed E-state index contributed by atoms with van der Waals surface area (Å²) in [5.41, 5.74) is 1.19. The molecule has 0 atom stereocenters. The first-order chi connectivity index (χ1) is 10.3. The van der Waals surface area contributed by atoms with E-state index < -0.39 is 10.0 Å². The van der Waals surface area contributed by atoms with Crippen LogP contribution in [0.4, 0.5) is 0 Å². The smallest absolute Gasteiger partial charge is 0.245 e. The number of sulfonamides is 1. The van der Waals surface area contributed by atoms with Crippen molar-refractivity contribution in [2.45, 2.75) is 50.3 Å². The fourth-order valence-electron chi connectivity index (χ4n) is 2.81. The first-order valence-corrected chi connectivity index (χ1v) is 9.23. The van der Waals surface area contributed by atoms with Crippen LogP contribution in [0.1, 0.15) is 45.9 Å². The Labute approximate surface area is 131 Å². The number of hydrogen-bond donors (Lipinski definition) is 1. The number of nitrogens with zero attached hydrogens (tertiary/aromatic N) is 2. The Morgan fingerprint density at radius 2 is 1.82 bits per heavy atom. The molecule has 5 nitrogen and oxygen atoms in total. The number of imidazole rings is 1. The molecule has 3 rings (SSSR count). The molecule has 22 heavy (non-hydrogen) atoms. The van der Waals surface area contributed by atoms with E-state index in [1.165, 1.54) is 0 Å². The van der Waals surface area contributed by atoms with E-state index in [9.17, 15) is 8.42 Å². The molecule has 0 amide bonds. The largest absolute Gasteiger partial charge is 0.341 e. The fraction of sp³-hybridized carbons (Fsp3) is 0.562. The molecule has 2 aromatic rings. The van der Waals surface area contributed by atoms with E-state index in [0.717, 1.165) is 30.6 Å². The highest BCUT2D eigenvalue weighted by atomic mass is 32.2. The van der Waals surface area contributed by atoms with Gasteiger partial charge in [-0.05, 0) is 25.0 Å². The summed E-state index contributed by atoms with van der Waals surface area (Å²) in [6, 6.07) is 5.33. The van der Waals surface area contributed by atoms with Crippen LogP contribution in [0.15, 0.2) is 23.1 Å². The minimum Gasteiger partial charge on any atom is -0.341 e. The lowest BCUT2D eigenvalue weighted by atomic mass is 9.96. The number of benzene rings is 1. The zero-order chi connectivity index (χ0) is 16.0. The van der Waals surface area contributed by atoms with Gasteiger partial charge < -0.3 is 4.98 Å². The maximum atomic E-state index is 12.9. The number of rotatable bonds is 2. The third-order valence-corrected chi connectivity index (χ3v) is 6.05. The molecule has 1 aliphatic heterocycles. The van der Waals surface area contributed by atoms with E-state index >= 15 is 0 Å². The Kier molecular flexibility index (Phi) is 3.77. The van der Waals surface area contributed by atoms with Crippen LogP contribution in [0.3, 0.4) is 0 Å². The van der Waals surface area contributed by atoms with Crippen molar-refractivity contribution in [3.05, 3.63) is 24.0 Å². The summed E-state index contributed by atoms with van der Waals surface area (Å²) in [6.45, 7) is 7.39. The summed E-state index contributed by atoms with van der Waals surface area (Å²) in [5.74, 6) is 0.809. The van der Waals surface area contributed by atoms with Gasteiger partial charge in [0.1, 0.15) is 16.2 Å². The van der Waals surface area contributed by atoms with Gasteiger partial charge in [-0.2, -0.15) is 4.31 Å². The van der Waals surface area contributed by atoms with Gasteiger partial charge >= 0.3 is 0 Å². The lowest BCUT2D eigenvalue weighted by Gasteiger charge is -2.25. The van der Waals surface area contributed by atoms with Crippen molar-refractivity contribution in [3.8, 4) is 0 Å². The summed E-state index contributed by atoms with van der Waals surface area (Å²) in [7, 11) is -3.47. The van der Waals surface area contributed by atoms with Crippen molar-refractivity contribution in [2.75, 3.05) is 13.1 Å². The molecule has 120 valence electrons. The summed E-state index contributed by atoms with van der Waals surface area (Å²) >= 11 is 0. The number of nitrogens with one attached hydrogen (secondary N) is 1. The van der Waals surface area contributed by atoms with Gasteiger partial charge in [-0.15, -0.1) is 0 Å². The first-order valence-electron chi connectivity index (χ1n) is 7.79. The molecule has 1 aromatic carbocycles. The molecular weight excluding hydrogens is 298 g/mol. The van der Waals surface area contributed by atoms with Crippen LogP contribution in [0, 0.1) is 0 Å². The Morgan fingerprint density at radius 1 is 1.14 bits per heavy atom. The molecule has 0 radical (unpaired) electrons. The van der Waals surface area contributed by atoms with Crippen molar-refractivity contribution in [3.63, 3.8) is 0 Å². The van der Waals surface area contributed by atoms with Gasteiger partial charge in [-0.1, -0.05) is 33.3 Å². The van der Waals surface area contributed by atoms with Crippen molar-refractivity contribution in [1.82, 2.24) is 14.3 Å². The average molecular weight is 321 g/mol. The quantitative estimate of drug-likeness (QED) is 0.924. The van der Waals surface area contributed by atoms with E-state index in [1.54, 1.807) is 16.4 Å². The van der Waals surface area contributed by atoms with Gasteiger partial charge in [0.25, 0.3) is 0 Å². The van der Waals surface area contributed by atoms with E-state index in [-0.39, 0.29) is 5.41 Å². The maximum absolute atomic E-state index is 12.9. The van der Waals surface area contributed by atoms with Gasteiger partial charge in [-0.3, -0.25) is 0 Å². The number of fused-ring (bicyclic) bond motifs is 1. The summed E-state index contributed by atoms with van der Waals surface area (Å²) in [4.78, 5) is 8.16. The van der Waals surface area contributed by atoms with Crippen molar-refractivity contribution < 1.29 is 8.42 Å². The standard InChI is InChI=1S/C16H23N3O2S/c1-16(2,3)15-17-12-8-7-9-13(14(12)18-15)22(20,21)19-10-5-4-6-11-19/h7-9H,4-6,10-11H2,1-3H3,(H,17,18). The Morgan fingerprint density at radius 3 is 2.45 bits per heavy atom. The molecule has 0 saturated carbocycles. The van der Waals surface area contributed by atoms with Crippen LogP contribution in [0.2, 0.25) is 0 Å². The Balaban J connectivity index is 2.12. The number of aromatic nitrogens is 2. The van der Waals surface area contributed by atoms with Crippen LogP contribution in [0.25, 0.3) is 11.0 Å². The molecule has 1 fully saturated rings. The van der Waals surface area contributed by atoms with Crippen molar-refractivity contribution in [2.24, 2.45) is 0 Å². The van der Waals surface area contributed by atoms with E-state index in [1.807, 2.05) is 6.07 Å². The molecule has 0 bridgehead atoms. The second-order valence-electron chi connectivity index (χ2n) is 6.95. The van der Waals surface area contributed by atoms with E-state index in [4.69, 9.17) is 0 Å². The lowest BCUT2D eigenvalue weighted by Crippen LogP contribution is -2.35. The summed E-state index contributed by atoms with van der Waals surface area (Å²) in [5, 5.41) is 0. The predicted molar refractivity (Wildman–Crippen MR) is 87.4 cm³/mol. The number of piperidine rings is 1. The second-order valence-corrected chi connectivity index (χ2v) is 8.86. The SMILES string of the molecule is CC(C)(C)c1nc2c(S(=O)(=O)N3CCCCC3)cccc2[nH]1. The number of para-hydroxylation sites is 1. The van der Waals surface area contributed by atoms with Gasteiger partial charge in [0.2, 0.25) is 10.0 Å². The fourth-order valence-corrected chi connectivity index (χ4v) is 4.48. The monoisotopic (exact) mass is 321 g/mol. The normalized spacial score (nSPS) is 18.0. The minimum atomic E-state index is -3.47. The summed E-state index contributed by atoms with van der Waals surface area (Å²) in [6.07, 6.45) is 2.97. The second kappa shape index (κ2) is 5.35. The molecule has 6 heteroatoms. The van der Waals surface area contributed by atoms with E-state index in [0.29, 0.717) is 23.5 Å². The van der Waals surface area contributed by atoms with Crippen LogP contribution in [-0.4, -0.2) is 35.8 Å². The number of hydrogen-bond acceptors (Lipinski definition) is 3. The molecule has 1 aliphatic rings. The van der Waals surface area contributed by atoms with Gasteiger partial charge in [0, 0.05) is 18.5 Å². The van der Waals surface area contributed by atoms with Gasteiger partial charge in [0.05, 0.1) is 5.52 Å². The average Bonchev–Trinajstić information content (AvgIpc) is 2.92. The highest BCUT2D eigenvalue weighted by Crippen LogP contribution is 2.29. The van der Waals surface area contributed by atoms with Crippen LogP contribution in [-0.2, 0) is 15.4 Å². The van der Waals surface area contributed by atoms with Crippen LogP contribution < -0.4 is 0 Å². The molecule has 0 spiro atoms. The van der Waals surface area contributed by atoms with Crippen LogP contribution in [0.5, 0.6) is 0 Å². The number of aromatic amines is 1. The minimum absolute atomic E-state index is 0.148. The Hall–Kier alpha value is -1.40. The third-order valence-electron chi connectivity index (χ3n) is 4.12. The van der Waals surface area contributed by atoms with E-state index in [2.05, 4.69) is 30.7 Å².